The van der Waals surface area contributed by atoms with Gasteiger partial charge in [-0.3, -0.25) is 9.67 Å². The van der Waals surface area contributed by atoms with Gasteiger partial charge < -0.3 is 14.8 Å². The third-order valence-corrected chi connectivity index (χ3v) is 3.43. The summed E-state index contributed by atoms with van der Waals surface area (Å²) in [6.45, 7) is 5.48. The largest absolute Gasteiger partial charge is 0.357 e. The maximum absolute atomic E-state index is 4.70. The zero-order valence-corrected chi connectivity index (χ0v) is 14.2. The average molecular weight is 318 g/mol. The van der Waals surface area contributed by atoms with Gasteiger partial charge in [0.25, 0.3) is 0 Å². The summed E-state index contributed by atoms with van der Waals surface area (Å²) in [6.07, 6.45) is 9.50. The molecule has 2 aromatic heterocycles. The Kier molecular flexibility index (Phi) is 6.58. The van der Waals surface area contributed by atoms with E-state index in [2.05, 4.69) is 32.4 Å². The van der Waals surface area contributed by atoms with Crippen LogP contribution in [0.1, 0.15) is 25.3 Å². The summed E-state index contributed by atoms with van der Waals surface area (Å²) in [6, 6.07) is 0. The number of aliphatic imine (C=N–C) groups is 1. The van der Waals surface area contributed by atoms with E-state index in [9.17, 15) is 0 Å². The lowest BCUT2D eigenvalue weighted by Gasteiger charge is -2.21. The summed E-state index contributed by atoms with van der Waals surface area (Å²) in [5.74, 6) is 0.931. The third-order valence-electron chi connectivity index (χ3n) is 3.43. The van der Waals surface area contributed by atoms with Crippen molar-refractivity contribution >= 4 is 5.96 Å². The number of unbranched alkanes of at least 4 members (excludes halogenated alkanes) is 1. The summed E-state index contributed by atoms with van der Waals surface area (Å²) in [4.78, 5) is 6.82. The van der Waals surface area contributed by atoms with E-state index in [4.69, 9.17) is 4.99 Å². The molecule has 0 spiro atoms. The molecular formula is C15H26N8. The standard InChI is InChI=1S/C15H26N8/c1-4-16-15(21(2)10-14-9-20-22(3)11-14)17-7-5-6-8-23-12-18-19-13-23/h9,11-13H,4-8,10H2,1-3H3,(H,16,17). The van der Waals surface area contributed by atoms with Crippen LogP contribution in [-0.2, 0) is 20.1 Å². The van der Waals surface area contributed by atoms with Gasteiger partial charge in [0, 0.05) is 52.0 Å². The van der Waals surface area contributed by atoms with Crippen LogP contribution in [0.25, 0.3) is 0 Å². The SMILES string of the molecule is CCNC(=NCCCCn1cnnc1)N(C)Cc1cnn(C)c1. The molecule has 2 aromatic rings. The second kappa shape index (κ2) is 8.92. The number of guanidine groups is 1. The Hall–Kier alpha value is -2.38. The minimum atomic E-state index is 0.792. The van der Waals surface area contributed by atoms with Crippen LogP contribution in [0.15, 0.2) is 30.0 Å². The van der Waals surface area contributed by atoms with Crippen molar-refractivity contribution in [3.63, 3.8) is 0 Å². The Labute approximate surface area is 137 Å². The first kappa shape index (κ1) is 17.0. The van der Waals surface area contributed by atoms with Gasteiger partial charge in [0.15, 0.2) is 5.96 Å². The zero-order valence-electron chi connectivity index (χ0n) is 14.2. The number of nitrogens with one attached hydrogen (secondary N) is 1. The fraction of sp³-hybridized carbons (Fsp3) is 0.600. The van der Waals surface area contributed by atoms with Crippen molar-refractivity contribution in [2.24, 2.45) is 12.0 Å². The molecule has 2 heterocycles. The minimum Gasteiger partial charge on any atom is -0.357 e. The molecule has 23 heavy (non-hydrogen) atoms. The van der Waals surface area contributed by atoms with Crippen LogP contribution in [0, 0.1) is 0 Å². The Morgan fingerprint density at radius 3 is 2.74 bits per heavy atom. The molecule has 8 heteroatoms. The highest BCUT2D eigenvalue weighted by atomic mass is 15.3. The lowest BCUT2D eigenvalue weighted by molar-refractivity contribution is 0.475. The first-order valence-electron chi connectivity index (χ1n) is 7.98. The van der Waals surface area contributed by atoms with Gasteiger partial charge in [0.1, 0.15) is 12.7 Å². The van der Waals surface area contributed by atoms with Crippen LogP contribution in [-0.4, -0.2) is 55.5 Å². The quantitative estimate of drug-likeness (QED) is 0.444. The van der Waals surface area contributed by atoms with Crippen molar-refractivity contribution < 1.29 is 0 Å². The molecule has 8 nitrogen and oxygen atoms in total. The molecule has 0 amide bonds. The first-order chi connectivity index (χ1) is 11.2. The Morgan fingerprint density at radius 2 is 2.09 bits per heavy atom. The molecular weight excluding hydrogens is 292 g/mol. The highest BCUT2D eigenvalue weighted by Crippen LogP contribution is 2.02. The van der Waals surface area contributed by atoms with Crippen molar-refractivity contribution in [2.45, 2.75) is 32.9 Å². The summed E-state index contributed by atoms with van der Waals surface area (Å²) in [5.41, 5.74) is 1.17. The van der Waals surface area contributed by atoms with E-state index in [1.807, 2.05) is 35.7 Å². The van der Waals surface area contributed by atoms with Gasteiger partial charge in [-0.2, -0.15) is 5.10 Å². The number of aromatic nitrogens is 5. The Bertz CT molecular complexity index is 586. The molecule has 0 aliphatic rings. The molecule has 0 aliphatic carbocycles. The van der Waals surface area contributed by atoms with Crippen molar-refractivity contribution in [2.75, 3.05) is 20.1 Å². The summed E-state index contributed by atoms with van der Waals surface area (Å²) in [5, 5.41) is 15.1. The van der Waals surface area contributed by atoms with E-state index in [0.29, 0.717) is 0 Å². The van der Waals surface area contributed by atoms with Crippen molar-refractivity contribution in [1.82, 2.24) is 34.8 Å². The van der Waals surface area contributed by atoms with Gasteiger partial charge >= 0.3 is 0 Å². The first-order valence-corrected chi connectivity index (χ1v) is 7.98. The summed E-state index contributed by atoms with van der Waals surface area (Å²) < 4.78 is 3.81. The fourth-order valence-corrected chi connectivity index (χ4v) is 2.30. The van der Waals surface area contributed by atoms with E-state index >= 15 is 0 Å². The second-order valence-corrected chi connectivity index (χ2v) is 5.52. The molecule has 2 rings (SSSR count). The minimum absolute atomic E-state index is 0.792. The van der Waals surface area contributed by atoms with Crippen molar-refractivity contribution in [1.29, 1.82) is 0 Å². The maximum atomic E-state index is 4.70. The van der Waals surface area contributed by atoms with E-state index in [1.54, 1.807) is 12.7 Å². The fourth-order valence-electron chi connectivity index (χ4n) is 2.30. The topological polar surface area (TPSA) is 76.2 Å². The number of hydrogen-bond acceptors (Lipinski definition) is 4. The van der Waals surface area contributed by atoms with E-state index < -0.39 is 0 Å². The monoisotopic (exact) mass is 318 g/mol. The molecule has 0 unspecified atom stereocenters. The maximum Gasteiger partial charge on any atom is 0.193 e. The van der Waals surface area contributed by atoms with Crippen LogP contribution >= 0.6 is 0 Å². The smallest absolute Gasteiger partial charge is 0.193 e. The molecule has 126 valence electrons. The Morgan fingerprint density at radius 1 is 1.30 bits per heavy atom. The highest BCUT2D eigenvalue weighted by molar-refractivity contribution is 5.79. The van der Waals surface area contributed by atoms with Crippen LogP contribution in [0.3, 0.4) is 0 Å². The predicted molar refractivity (Wildman–Crippen MR) is 89.9 cm³/mol. The molecule has 0 saturated carbocycles. The van der Waals surface area contributed by atoms with Gasteiger partial charge in [-0.05, 0) is 19.8 Å². The Balaban J connectivity index is 1.78. The lowest BCUT2D eigenvalue weighted by Crippen LogP contribution is -2.38. The average Bonchev–Trinajstić information content (AvgIpc) is 3.17. The number of hydrogen-bond donors (Lipinski definition) is 1. The summed E-state index contributed by atoms with van der Waals surface area (Å²) in [7, 11) is 3.98. The molecule has 0 aromatic carbocycles. The van der Waals surface area contributed by atoms with Gasteiger partial charge in [-0.25, -0.2) is 0 Å². The molecule has 1 N–H and O–H groups in total. The second-order valence-electron chi connectivity index (χ2n) is 5.52. The van der Waals surface area contributed by atoms with Crippen molar-refractivity contribution in [3.05, 3.63) is 30.6 Å². The highest BCUT2D eigenvalue weighted by Gasteiger charge is 2.07. The molecule has 0 atom stereocenters. The van der Waals surface area contributed by atoms with Gasteiger partial charge in [-0.15, -0.1) is 10.2 Å². The number of nitrogens with zero attached hydrogens (tertiary/aromatic N) is 7. The van der Waals surface area contributed by atoms with Gasteiger partial charge in [0.2, 0.25) is 0 Å². The summed E-state index contributed by atoms with van der Waals surface area (Å²) >= 11 is 0. The lowest BCUT2D eigenvalue weighted by atomic mass is 10.3. The van der Waals surface area contributed by atoms with E-state index in [0.717, 1.165) is 45.0 Å². The van der Waals surface area contributed by atoms with Crippen molar-refractivity contribution in [3.8, 4) is 0 Å². The van der Waals surface area contributed by atoms with Crippen LogP contribution in [0.5, 0.6) is 0 Å². The normalized spacial score (nSPS) is 11.7. The molecule has 0 radical (unpaired) electrons. The molecule has 0 saturated heterocycles. The number of aryl methyl sites for hydroxylation is 2. The number of rotatable bonds is 8. The van der Waals surface area contributed by atoms with Crippen LogP contribution in [0.4, 0.5) is 0 Å². The third kappa shape index (κ3) is 5.72. The van der Waals surface area contributed by atoms with E-state index in [1.165, 1.54) is 5.56 Å². The van der Waals surface area contributed by atoms with Crippen LogP contribution < -0.4 is 5.32 Å². The zero-order chi connectivity index (χ0) is 16.5. The van der Waals surface area contributed by atoms with Crippen LogP contribution in [0.2, 0.25) is 0 Å². The van der Waals surface area contributed by atoms with Gasteiger partial charge in [0.05, 0.1) is 6.20 Å². The predicted octanol–water partition coefficient (Wildman–Crippen LogP) is 0.889. The molecule has 0 aliphatic heterocycles. The van der Waals surface area contributed by atoms with Gasteiger partial charge in [-0.1, -0.05) is 0 Å². The molecule has 0 fully saturated rings. The van der Waals surface area contributed by atoms with E-state index in [-0.39, 0.29) is 0 Å². The molecule has 0 bridgehead atoms.